The number of carboxylic acid groups (broad SMARTS) is 1. The first-order chi connectivity index (χ1) is 8.00. The minimum atomic E-state index is -1.44. The molecule has 5 heteroatoms. The number of fused-ring (bicyclic) bond motifs is 1. The third-order valence-corrected chi connectivity index (χ3v) is 2.54. The number of nitrogens with zero attached hydrogens (tertiary/aromatic N) is 2. The third-order valence-electron chi connectivity index (χ3n) is 2.54. The van der Waals surface area contributed by atoms with Gasteiger partial charge < -0.3 is 5.11 Å². The van der Waals surface area contributed by atoms with Crippen molar-refractivity contribution < 1.29 is 14.7 Å². The first-order valence-electron chi connectivity index (χ1n) is 5.25. The minimum Gasteiger partial charge on any atom is -0.475 e. The standard InChI is InChI=1S/C12H12N2O3/c1-7(2)14-10-5-8(11(15)12(16)17)3-4-9(10)6-13-14/h3-7H,1-2H3,(H,16,17). The molecule has 1 aromatic carbocycles. The first-order valence-corrected chi connectivity index (χ1v) is 5.25. The van der Waals surface area contributed by atoms with E-state index in [1.807, 2.05) is 13.8 Å². The Kier molecular flexibility index (Phi) is 2.67. The van der Waals surface area contributed by atoms with Crippen LogP contribution in [0.1, 0.15) is 30.2 Å². The summed E-state index contributed by atoms with van der Waals surface area (Å²) in [6.45, 7) is 3.94. The van der Waals surface area contributed by atoms with E-state index in [-0.39, 0.29) is 11.6 Å². The Morgan fingerprint density at radius 3 is 2.65 bits per heavy atom. The van der Waals surface area contributed by atoms with Gasteiger partial charge >= 0.3 is 5.97 Å². The molecule has 0 fully saturated rings. The molecule has 0 aliphatic rings. The Morgan fingerprint density at radius 1 is 1.35 bits per heavy atom. The summed E-state index contributed by atoms with van der Waals surface area (Å²) in [5.41, 5.74) is 0.944. The zero-order valence-electron chi connectivity index (χ0n) is 9.54. The van der Waals surface area contributed by atoms with Crippen molar-refractivity contribution in [2.24, 2.45) is 0 Å². The van der Waals surface area contributed by atoms with Crippen molar-refractivity contribution in [1.82, 2.24) is 9.78 Å². The van der Waals surface area contributed by atoms with Gasteiger partial charge in [-0.15, -0.1) is 0 Å². The van der Waals surface area contributed by atoms with Crippen LogP contribution in [0.5, 0.6) is 0 Å². The molecule has 0 unspecified atom stereocenters. The fourth-order valence-electron chi connectivity index (χ4n) is 1.71. The number of Topliss-reactive ketones (excluding diaryl/α,β-unsaturated/α-hetero) is 1. The van der Waals surface area contributed by atoms with Gasteiger partial charge in [0.15, 0.2) is 0 Å². The molecule has 0 radical (unpaired) electrons. The highest BCUT2D eigenvalue weighted by Gasteiger charge is 2.16. The zero-order valence-corrected chi connectivity index (χ0v) is 9.54. The summed E-state index contributed by atoms with van der Waals surface area (Å²) in [7, 11) is 0. The maximum Gasteiger partial charge on any atom is 0.377 e. The van der Waals surface area contributed by atoms with Crippen LogP contribution in [0.15, 0.2) is 24.4 Å². The molecule has 2 aromatic rings. The molecule has 0 saturated carbocycles. The van der Waals surface area contributed by atoms with Gasteiger partial charge in [-0.1, -0.05) is 6.07 Å². The minimum absolute atomic E-state index is 0.155. The summed E-state index contributed by atoms with van der Waals surface area (Å²) >= 11 is 0. The van der Waals surface area contributed by atoms with Crippen LogP contribution in [0.25, 0.3) is 10.9 Å². The topological polar surface area (TPSA) is 72.2 Å². The lowest BCUT2D eigenvalue weighted by Gasteiger charge is -2.07. The zero-order chi connectivity index (χ0) is 12.6. The molecule has 0 bridgehead atoms. The second kappa shape index (κ2) is 4.01. The summed E-state index contributed by atoms with van der Waals surface area (Å²) in [6.07, 6.45) is 1.70. The van der Waals surface area contributed by atoms with Crippen LogP contribution in [-0.2, 0) is 4.79 Å². The highest BCUT2D eigenvalue weighted by atomic mass is 16.4. The molecule has 2 rings (SSSR count). The molecule has 1 N–H and O–H groups in total. The van der Waals surface area contributed by atoms with Crippen LogP contribution >= 0.6 is 0 Å². The summed E-state index contributed by atoms with van der Waals surface area (Å²) in [6, 6.07) is 4.93. The number of rotatable bonds is 3. The lowest BCUT2D eigenvalue weighted by molar-refractivity contribution is -0.131. The number of carbonyl (C=O) groups is 2. The van der Waals surface area contributed by atoms with Gasteiger partial charge in [0, 0.05) is 17.0 Å². The molecule has 17 heavy (non-hydrogen) atoms. The van der Waals surface area contributed by atoms with Crippen molar-refractivity contribution in [1.29, 1.82) is 0 Å². The van der Waals surface area contributed by atoms with E-state index in [2.05, 4.69) is 5.10 Å². The van der Waals surface area contributed by atoms with E-state index in [0.717, 1.165) is 10.9 Å². The average Bonchev–Trinajstić information content (AvgIpc) is 2.70. The van der Waals surface area contributed by atoms with E-state index in [1.165, 1.54) is 6.07 Å². The van der Waals surface area contributed by atoms with Crippen LogP contribution < -0.4 is 0 Å². The highest BCUT2D eigenvalue weighted by Crippen LogP contribution is 2.19. The van der Waals surface area contributed by atoms with Gasteiger partial charge in [-0.2, -0.15) is 5.10 Å². The Bertz CT molecular complexity index is 599. The fraction of sp³-hybridized carbons (Fsp3) is 0.250. The van der Waals surface area contributed by atoms with Gasteiger partial charge in [-0.3, -0.25) is 9.48 Å². The van der Waals surface area contributed by atoms with E-state index < -0.39 is 11.8 Å². The maximum absolute atomic E-state index is 11.4. The third kappa shape index (κ3) is 1.91. The molecular formula is C12H12N2O3. The van der Waals surface area contributed by atoms with Gasteiger partial charge in [0.1, 0.15) is 0 Å². The molecule has 0 saturated heterocycles. The largest absolute Gasteiger partial charge is 0.475 e. The number of benzene rings is 1. The van der Waals surface area contributed by atoms with Crippen molar-refractivity contribution in [3.63, 3.8) is 0 Å². The van der Waals surface area contributed by atoms with Crippen molar-refractivity contribution in [2.75, 3.05) is 0 Å². The van der Waals surface area contributed by atoms with Crippen LogP contribution in [0, 0.1) is 0 Å². The molecule has 0 amide bonds. The smallest absolute Gasteiger partial charge is 0.377 e. The number of ketones is 1. The number of carboxylic acids is 1. The number of aliphatic carboxylic acids is 1. The fourth-order valence-corrected chi connectivity index (χ4v) is 1.71. The lowest BCUT2D eigenvalue weighted by Crippen LogP contribution is -2.12. The number of aromatic nitrogens is 2. The van der Waals surface area contributed by atoms with Gasteiger partial charge in [-0.05, 0) is 26.0 Å². The van der Waals surface area contributed by atoms with Gasteiger partial charge in [0.25, 0.3) is 5.78 Å². The van der Waals surface area contributed by atoms with Crippen molar-refractivity contribution in [3.05, 3.63) is 30.0 Å². The monoisotopic (exact) mass is 232 g/mol. The molecule has 0 atom stereocenters. The molecule has 88 valence electrons. The molecule has 1 heterocycles. The molecule has 0 aliphatic heterocycles. The second-order valence-electron chi connectivity index (χ2n) is 4.09. The maximum atomic E-state index is 11.4. The first kappa shape index (κ1) is 11.3. The predicted octanol–water partition coefficient (Wildman–Crippen LogP) is 1.88. The molecule has 0 aliphatic carbocycles. The summed E-state index contributed by atoms with van der Waals surface area (Å²) < 4.78 is 1.76. The van der Waals surface area contributed by atoms with E-state index in [4.69, 9.17) is 5.11 Å². The molecule has 1 aromatic heterocycles. The number of hydrogen-bond acceptors (Lipinski definition) is 3. The second-order valence-corrected chi connectivity index (χ2v) is 4.09. The highest BCUT2D eigenvalue weighted by molar-refractivity contribution is 6.40. The van der Waals surface area contributed by atoms with E-state index in [9.17, 15) is 9.59 Å². The Labute approximate surface area is 97.7 Å². The van der Waals surface area contributed by atoms with E-state index in [0.29, 0.717) is 0 Å². The van der Waals surface area contributed by atoms with Crippen molar-refractivity contribution in [2.45, 2.75) is 19.9 Å². The van der Waals surface area contributed by atoms with Gasteiger partial charge in [0.05, 0.1) is 11.7 Å². The predicted molar refractivity (Wildman–Crippen MR) is 62.1 cm³/mol. The normalized spacial score (nSPS) is 11.0. The van der Waals surface area contributed by atoms with Crippen molar-refractivity contribution in [3.8, 4) is 0 Å². The van der Waals surface area contributed by atoms with Crippen LogP contribution in [0.4, 0.5) is 0 Å². The van der Waals surface area contributed by atoms with Crippen molar-refractivity contribution >= 4 is 22.7 Å². The molecule has 0 spiro atoms. The Hall–Kier alpha value is -2.17. The lowest BCUT2D eigenvalue weighted by atomic mass is 10.1. The Morgan fingerprint density at radius 2 is 2.06 bits per heavy atom. The summed E-state index contributed by atoms with van der Waals surface area (Å²) in [5, 5.41) is 13.8. The number of carbonyl (C=O) groups excluding carboxylic acids is 1. The van der Waals surface area contributed by atoms with Crippen LogP contribution in [0.2, 0.25) is 0 Å². The van der Waals surface area contributed by atoms with Gasteiger partial charge in [0.2, 0.25) is 0 Å². The summed E-state index contributed by atoms with van der Waals surface area (Å²) in [5.74, 6) is -2.34. The number of hydrogen-bond donors (Lipinski definition) is 1. The molecular weight excluding hydrogens is 220 g/mol. The van der Waals surface area contributed by atoms with Crippen LogP contribution in [0.3, 0.4) is 0 Å². The quantitative estimate of drug-likeness (QED) is 0.647. The average molecular weight is 232 g/mol. The molecule has 5 nitrogen and oxygen atoms in total. The van der Waals surface area contributed by atoms with E-state index >= 15 is 0 Å². The summed E-state index contributed by atoms with van der Waals surface area (Å²) in [4.78, 5) is 22.0. The Balaban J connectivity index is 2.59. The van der Waals surface area contributed by atoms with Gasteiger partial charge in [-0.25, -0.2) is 4.79 Å². The van der Waals surface area contributed by atoms with E-state index in [1.54, 1.807) is 23.0 Å². The van der Waals surface area contributed by atoms with Crippen LogP contribution in [-0.4, -0.2) is 26.6 Å². The SMILES string of the molecule is CC(C)n1ncc2ccc(C(=O)C(=O)O)cc21.